The highest BCUT2D eigenvalue weighted by atomic mass is 32.1. The van der Waals surface area contributed by atoms with Gasteiger partial charge in [0, 0.05) is 24.3 Å². The number of β-amino-alcohol motifs (C(OH)–C–C–N with tert-alkyl or cyclic N) is 1. The van der Waals surface area contributed by atoms with Crippen molar-refractivity contribution in [3.8, 4) is 0 Å². The van der Waals surface area contributed by atoms with Gasteiger partial charge in [0.25, 0.3) is 0 Å². The molecule has 16 heavy (non-hydrogen) atoms. The molecule has 1 aromatic rings. The fraction of sp³-hybridized carbons (Fsp3) is 0.417. The van der Waals surface area contributed by atoms with Gasteiger partial charge in [-0.2, -0.15) is 0 Å². The summed E-state index contributed by atoms with van der Waals surface area (Å²) in [5.41, 5.74) is 7.55. The van der Waals surface area contributed by atoms with Gasteiger partial charge in [0.15, 0.2) is 0 Å². The summed E-state index contributed by atoms with van der Waals surface area (Å²) in [7, 11) is 0. The third-order valence-corrected chi connectivity index (χ3v) is 3.15. The summed E-state index contributed by atoms with van der Waals surface area (Å²) in [6, 6.07) is 7.87. The number of thiocarbonyl (C=S) groups is 1. The van der Waals surface area contributed by atoms with Crippen LogP contribution in [0.1, 0.15) is 18.4 Å². The van der Waals surface area contributed by atoms with Crippen LogP contribution in [0.2, 0.25) is 0 Å². The van der Waals surface area contributed by atoms with Crippen LogP contribution in [0.5, 0.6) is 0 Å². The van der Waals surface area contributed by atoms with Gasteiger partial charge in [-0.1, -0.05) is 12.2 Å². The van der Waals surface area contributed by atoms with Gasteiger partial charge < -0.3 is 15.7 Å². The fourth-order valence-corrected chi connectivity index (χ4v) is 2.16. The van der Waals surface area contributed by atoms with Crippen molar-refractivity contribution in [3.05, 3.63) is 29.8 Å². The van der Waals surface area contributed by atoms with Gasteiger partial charge in [0.2, 0.25) is 0 Å². The number of nitrogens with zero attached hydrogens (tertiary/aromatic N) is 1. The van der Waals surface area contributed by atoms with Crippen LogP contribution in [-0.2, 0) is 0 Å². The van der Waals surface area contributed by atoms with E-state index in [1.54, 1.807) is 0 Å². The molecule has 0 radical (unpaired) electrons. The number of piperidine rings is 1. The number of nitrogens with two attached hydrogens (primary N) is 1. The topological polar surface area (TPSA) is 49.5 Å². The van der Waals surface area contributed by atoms with Crippen molar-refractivity contribution in [2.75, 3.05) is 18.0 Å². The van der Waals surface area contributed by atoms with Crippen LogP contribution in [0.4, 0.5) is 5.69 Å². The van der Waals surface area contributed by atoms with E-state index in [0.717, 1.165) is 30.6 Å². The van der Waals surface area contributed by atoms with Gasteiger partial charge in [-0.05, 0) is 37.1 Å². The van der Waals surface area contributed by atoms with Crippen LogP contribution in [0.25, 0.3) is 0 Å². The minimum absolute atomic E-state index is 0.205. The Labute approximate surface area is 101 Å². The molecule has 3 N–H and O–H groups in total. The lowest BCUT2D eigenvalue weighted by atomic mass is 10.1. The molecular weight excluding hydrogens is 220 g/mol. The highest BCUT2D eigenvalue weighted by Gasteiger charge is 2.17. The van der Waals surface area contributed by atoms with Crippen molar-refractivity contribution in [1.82, 2.24) is 0 Å². The van der Waals surface area contributed by atoms with Crippen molar-refractivity contribution >= 4 is 22.9 Å². The molecular formula is C12H16N2OS. The molecule has 3 nitrogen and oxygen atoms in total. The Kier molecular flexibility index (Phi) is 3.41. The van der Waals surface area contributed by atoms with Crippen molar-refractivity contribution in [2.24, 2.45) is 5.73 Å². The quantitative estimate of drug-likeness (QED) is 0.760. The van der Waals surface area contributed by atoms with Crippen LogP contribution in [0.3, 0.4) is 0 Å². The van der Waals surface area contributed by atoms with Crippen LogP contribution < -0.4 is 10.6 Å². The van der Waals surface area contributed by atoms with Crippen molar-refractivity contribution in [3.63, 3.8) is 0 Å². The Morgan fingerprint density at radius 2 is 2.06 bits per heavy atom. The number of benzene rings is 1. The Hall–Kier alpha value is -1.13. The summed E-state index contributed by atoms with van der Waals surface area (Å²) in [5.74, 6) is 0. The molecule has 4 heteroatoms. The highest BCUT2D eigenvalue weighted by molar-refractivity contribution is 7.80. The normalized spacial score (nSPS) is 20.8. The van der Waals surface area contributed by atoms with E-state index >= 15 is 0 Å². The zero-order valence-electron chi connectivity index (χ0n) is 9.10. The average Bonchev–Trinajstić information content (AvgIpc) is 2.29. The Bertz CT molecular complexity index is 377. The van der Waals surface area contributed by atoms with Gasteiger partial charge in [0.05, 0.1) is 6.10 Å². The summed E-state index contributed by atoms with van der Waals surface area (Å²) < 4.78 is 0. The molecule has 1 saturated heterocycles. The van der Waals surface area contributed by atoms with E-state index in [0.29, 0.717) is 11.5 Å². The molecule has 1 atom stereocenters. The first-order valence-electron chi connectivity index (χ1n) is 5.49. The molecule has 0 aromatic heterocycles. The van der Waals surface area contributed by atoms with Gasteiger partial charge >= 0.3 is 0 Å². The monoisotopic (exact) mass is 236 g/mol. The molecule has 1 aliphatic heterocycles. The zero-order chi connectivity index (χ0) is 11.5. The molecule has 1 fully saturated rings. The summed E-state index contributed by atoms with van der Waals surface area (Å²) in [4.78, 5) is 2.61. The molecule has 1 unspecified atom stereocenters. The summed E-state index contributed by atoms with van der Waals surface area (Å²) in [6.45, 7) is 1.72. The molecule has 2 rings (SSSR count). The van der Waals surface area contributed by atoms with E-state index in [4.69, 9.17) is 18.0 Å². The van der Waals surface area contributed by atoms with E-state index in [9.17, 15) is 5.11 Å². The SMILES string of the molecule is NC(=S)c1ccc(N2CCCC(O)C2)cc1. The lowest BCUT2D eigenvalue weighted by Crippen LogP contribution is -2.38. The number of aliphatic hydroxyl groups is 1. The Balaban J connectivity index is 2.11. The maximum Gasteiger partial charge on any atom is 0.103 e. The highest BCUT2D eigenvalue weighted by Crippen LogP contribution is 2.20. The predicted octanol–water partition coefficient (Wildman–Crippen LogP) is 1.28. The van der Waals surface area contributed by atoms with Crippen molar-refractivity contribution in [1.29, 1.82) is 0 Å². The lowest BCUT2D eigenvalue weighted by molar-refractivity contribution is 0.154. The third kappa shape index (κ3) is 2.51. The lowest BCUT2D eigenvalue weighted by Gasteiger charge is -2.32. The van der Waals surface area contributed by atoms with Gasteiger partial charge in [0.1, 0.15) is 4.99 Å². The average molecular weight is 236 g/mol. The van der Waals surface area contributed by atoms with E-state index in [2.05, 4.69) is 4.90 Å². The maximum atomic E-state index is 9.60. The molecule has 0 spiro atoms. The van der Waals surface area contributed by atoms with Gasteiger partial charge in [-0.25, -0.2) is 0 Å². The maximum absolute atomic E-state index is 9.60. The molecule has 86 valence electrons. The Morgan fingerprint density at radius 3 is 2.62 bits per heavy atom. The number of hydrogen-bond donors (Lipinski definition) is 2. The molecule has 1 heterocycles. The first-order valence-corrected chi connectivity index (χ1v) is 5.90. The number of hydrogen-bond acceptors (Lipinski definition) is 3. The van der Waals surface area contributed by atoms with Gasteiger partial charge in [-0.15, -0.1) is 0 Å². The summed E-state index contributed by atoms with van der Waals surface area (Å²) in [5, 5.41) is 9.60. The summed E-state index contributed by atoms with van der Waals surface area (Å²) in [6.07, 6.45) is 1.74. The van der Waals surface area contributed by atoms with Gasteiger partial charge in [-0.3, -0.25) is 0 Å². The standard InChI is InChI=1S/C12H16N2OS/c13-12(16)9-3-5-10(6-4-9)14-7-1-2-11(15)8-14/h3-6,11,15H,1-2,7-8H2,(H2,13,16). The predicted molar refractivity (Wildman–Crippen MR) is 69.8 cm³/mol. The van der Waals surface area contributed by atoms with Crippen LogP contribution in [0, 0.1) is 0 Å². The number of aliphatic hydroxyl groups excluding tert-OH is 1. The van der Waals surface area contributed by atoms with E-state index in [1.807, 2.05) is 24.3 Å². The molecule has 0 saturated carbocycles. The number of anilines is 1. The second kappa shape index (κ2) is 4.80. The largest absolute Gasteiger partial charge is 0.391 e. The van der Waals surface area contributed by atoms with E-state index in [-0.39, 0.29) is 6.10 Å². The van der Waals surface area contributed by atoms with Crippen molar-refractivity contribution in [2.45, 2.75) is 18.9 Å². The fourth-order valence-electron chi connectivity index (χ4n) is 2.03. The van der Waals surface area contributed by atoms with Crippen LogP contribution in [0.15, 0.2) is 24.3 Å². The second-order valence-corrected chi connectivity index (χ2v) is 4.59. The molecule has 1 aliphatic rings. The van der Waals surface area contributed by atoms with Crippen molar-refractivity contribution < 1.29 is 5.11 Å². The van der Waals surface area contributed by atoms with Crippen LogP contribution in [-0.4, -0.2) is 29.3 Å². The smallest absolute Gasteiger partial charge is 0.103 e. The molecule has 0 aliphatic carbocycles. The molecule has 1 aromatic carbocycles. The summed E-state index contributed by atoms with van der Waals surface area (Å²) >= 11 is 4.90. The first-order chi connectivity index (χ1) is 7.66. The first kappa shape index (κ1) is 11.4. The molecule has 0 bridgehead atoms. The van der Waals surface area contributed by atoms with E-state index < -0.39 is 0 Å². The zero-order valence-corrected chi connectivity index (χ0v) is 9.91. The minimum atomic E-state index is -0.205. The number of rotatable bonds is 2. The third-order valence-electron chi connectivity index (χ3n) is 2.91. The minimum Gasteiger partial charge on any atom is -0.391 e. The Morgan fingerprint density at radius 1 is 1.38 bits per heavy atom. The van der Waals surface area contributed by atoms with E-state index in [1.165, 1.54) is 0 Å². The molecule has 0 amide bonds. The van der Waals surface area contributed by atoms with Crippen LogP contribution >= 0.6 is 12.2 Å². The second-order valence-electron chi connectivity index (χ2n) is 4.15.